The Morgan fingerprint density at radius 2 is 1.89 bits per heavy atom. The molecule has 54 heavy (non-hydrogen) atoms. The second-order valence-electron chi connectivity index (χ2n) is 13.2. The molecular formula is C32H35ClN7O12S2+. The van der Waals surface area contributed by atoms with E-state index in [1.54, 1.807) is 4.90 Å². The minimum Gasteiger partial charge on any atom is -0.504 e. The summed E-state index contributed by atoms with van der Waals surface area (Å²) >= 11 is 8.38. The lowest BCUT2D eigenvalue weighted by molar-refractivity contribution is -0.911. The molecule has 5 heterocycles. The minimum atomic E-state index is -1.94. The molecule has 0 unspecified atom stereocenters. The Hall–Kier alpha value is -5.12. The molecule has 1 aromatic heterocycles. The summed E-state index contributed by atoms with van der Waals surface area (Å²) in [5.74, 6) is -7.27. The van der Waals surface area contributed by atoms with Crippen molar-refractivity contribution >= 4 is 81.2 Å². The van der Waals surface area contributed by atoms with Crippen molar-refractivity contribution in [2.45, 2.75) is 43.2 Å². The summed E-state index contributed by atoms with van der Waals surface area (Å²) in [4.78, 5) is 87.3. The molecule has 0 radical (unpaired) electrons. The van der Waals surface area contributed by atoms with E-state index in [1.165, 1.54) is 23.2 Å². The van der Waals surface area contributed by atoms with Gasteiger partial charge in [-0.15, -0.1) is 23.1 Å². The van der Waals surface area contributed by atoms with Crippen molar-refractivity contribution in [3.63, 3.8) is 0 Å². The molecule has 3 amide bonds. The van der Waals surface area contributed by atoms with Gasteiger partial charge in [0.05, 0.1) is 37.6 Å². The summed E-state index contributed by atoms with van der Waals surface area (Å²) < 4.78 is 0.480. The van der Waals surface area contributed by atoms with Gasteiger partial charge in [-0.25, -0.2) is 14.6 Å². The number of nitrogen functional groups attached to an aromatic ring is 1. The summed E-state index contributed by atoms with van der Waals surface area (Å²) in [6.45, 7) is 2.91. The average molecular weight is 809 g/mol. The highest BCUT2D eigenvalue weighted by atomic mass is 35.5. The van der Waals surface area contributed by atoms with Gasteiger partial charge in [-0.3, -0.25) is 24.1 Å². The number of fused-ring (bicyclic) bond motifs is 2. The van der Waals surface area contributed by atoms with Gasteiger partial charge in [0, 0.05) is 41.7 Å². The number of carbonyl (C=O) groups is 6. The third-order valence-corrected chi connectivity index (χ3v) is 12.2. The van der Waals surface area contributed by atoms with Gasteiger partial charge in [0.1, 0.15) is 29.4 Å². The van der Waals surface area contributed by atoms with Crippen LogP contribution in [0.1, 0.15) is 40.9 Å². The number of thiazole rings is 1. The van der Waals surface area contributed by atoms with Gasteiger partial charge in [-0.2, -0.15) is 0 Å². The number of aromatic nitrogens is 1. The van der Waals surface area contributed by atoms with E-state index in [-0.39, 0.29) is 38.8 Å². The fourth-order valence-electron chi connectivity index (χ4n) is 7.10. The number of phenols is 2. The van der Waals surface area contributed by atoms with E-state index in [4.69, 9.17) is 27.3 Å². The summed E-state index contributed by atoms with van der Waals surface area (Å²) in [5, 5.41) is 55.4. The molecule has 8 N–H and O–H groups in total. The Morgan fingerprint density at radius 3 is 2.52 bits per heavy atom. The summed E-state index contributed by atoms with van der Waals surface area (Å²) in [6.07, 6.45) is -0.778. The Bertz CT molecular complexity index is 2000. The number of anilines is 1. The van der Waals surface area contributed by atoms with E-state index in [0.29, 0.717) is 48.2 Å². The van der Waals surface area contributed by atoms with E-state index in [9.17, 15) is 49.2 Å². The van der Waals surface area contributed by atoms with Crippen molar-refractivity contribution in [3.8, 4) is 11.5 Å². The number of amides is 3. The smallest absolute Gasteiger partial charge is 0.352 e. The molecule has 19 nitrogen and oxygen atoms in total. The van der Waals surface area contributed by atoms with Crippen LogP contribution in [0.15, 0.2) is 27.9 Å². The van der Waals surface area contributed by atoms with Crippen molar-refractivity contribution in [3.05, 3.63) is 44.6 Å². The number of likely N-dealkylation sites (tertiary alicyclic amines) is 1. The molecule has 0 bridgehead atoms. The van der Waals surface area contributed by atoms with Crippen LogP contribution < -0.4 is 11.1 Å². The van der Waals surface area contributed by atoms with Crippen molar-refractivity contribution in [1.29, 1.82) is 0 Å². The van der Waals surface area contributed by atoms with Crippen molar-refractivity contribution in [1.82, 2.24) is 20.1 Å². The van der Waals surface area contributed by atoms with Crippen LogP contribution in [0.5, 0.6) is 11.5 Å². The zero-order valence-corrected chi connectivity index (χ0v) is 30.7. The Kier molecular flexibility index (Phi) is 11.0. The Labute approximate surface area is 319 Å². The number of hydrogen-bond donors (Lipinski definition) is 7. The molecule has 4 aliphatic rings. The first-order chi connectivity index (χ1) is 25.6. The number of thioether (sulfide) groups is 1. The molecule has 3 atom stereocenters. The molecular weight excluding hydrogens is 774 g/mol. The van der Waals surface area contributed by atoms with E-state index < -0.39 is 70.9 Å². The van der Waals surface area contributed by atoms with Crippen molar-refractivity contribution in [2.75, 3.05) is 50.8 Å². The van der Waals surface area contributed by atoms with Crippen LogP contribution in [0.2, 0.25) is 5.02 Å². The number of nitrogens with two attached hydrogens (primary N) is 1. The van der Waals surface area contributed by atoms with Gasteiger partial charge in [-0.05, 0) is 18.1 Å². The lowest BCUT2D eigenvalue weighted by Crippen LogP contribution is -2.71. The van der Waals surface area contributed by atoms with Crippen LogP contribution in [-0.2, 0) is 35.2 Å². The molecule has 2 saturated heterocycles. The van der Waals surface area contributed by atoms with Crippen LogP contribution in [0.4, 0.5) is 5.13 Å². The fraction of sp³-hybridized carbons (Fsp3) is 0.438. The largest absolute Gasteiger partial charge is 0.504 e. The maximum atomic E-state index is 13.5. The number of β-lactam (4-membered cyclic amide) rings is 1. The van der Waals surface area contributed by atoms with Crippen LogP contribution >= 0.6 is 34.7 Å². The number of hydrogen-bond acceptors (Lipinski definition) is 14. The third-order valence-electron chi connectivity index (χ3n) is 9.78. The molecule has 0 aliphatic carbocycles. The van der Waals surface area contributed by atoms with Gasteiger partial charge >= 0.3 is 17.9 Å². The van der Waals surface area contributed by atoms with Gasteiger partial charge in [0.2, 0.25) is 6.10 Å². The number of nitrogens with one attached hydrogen (secondary N) is 1. The van der Waals surface area contributed by atoms with Crippen LogP contribution in [0.25, 0.3) is 0 Å². The summed E-state index contributed by atoms with van der Waals surface area (Å²) in [6, 6.07) is 0.00430. The van der Waals surface area contributed by atoms with Crippen molar-refractivity contribution < 1.29 is 63.6 Å². The molecule has 4 aliphatic heterocycles. The number of carbonyl (C=O) groups excluding carboxylic acids is 3. The molecule has 2 aromatic rings. The highest BCUT2D eigenvalue weighted by Gasteiger charge is 2.55. The molecule has 2 fully saturated rings. The normalized spacial score (nSPS) is 21.2. The molecule has 6 rings (SSSR count). The molecule has 0 saturated carbocycles. The first-order valence-corrected chi connectivity index (χ1v) is 18.9. The molecule has 0 spiro atoms. The topological polar surface area (TPSA) is 283 Å². The zero-order valence-electron chi connectivity index (χ0n) is 28.3. The predicted molar refractivity (Wildman–Crippen MR) is 191 cm³/mol. The number of rotatable bonds is 14. The number of carboxylic acids is 3. The number of quaternary nitrogens is 1. The number of aromatic hydroxyl groups is 2. The molecule has 1 aromatic carbocycles. The number of aliphatic carboxylic acids is 3. The second kappa shape index (κ2) is 15.3. The summed E-state index contributed by atoms with van der Waals surface area (Å²) in [5.41, 5.74) is 6.01. The van der Waals surface area contributed by atoms with E-state index in [1.807, 2.05) is 0 Å². The van der Waals surface area contributed by atoms with Crippen LogP contribution in [-0.4, -0.2) is 149 Å². The molecule has 288 valence electrons. The third kappa shape index (κ3) is 7.48. The standard InChI is InChI=1S/C32H34ClN7O12S2/c33-21-15-3-4-38(27(46)16(15)9-18(41)25(21)44)5-8-40(6-1-2-7-40)11-14-12-53-29-23(28(47)39(29)24(14)31(50)51)36-26(45)22(17-13-54-32(34)35-17)37-52-19(30(48)49)10-20(42)43/h9,13,19,23,29H,1-8,10-12H2,(H7-,34,35,36,37,41,42,43,44,45,46,48,49,50,51)/p+1/t19-,23+,29+/m0/s1. The second-order valence-corrected chi connectivity index (χ2v) is 15.5. The number of benzene rings is 1. The highest BCUT2D eigenvalue weighted by Crippen LogP contribution is 2.42. The van der Waals surface area contributed by atoms with E-state index in [0.717, 1.165) is 42.2 Å². The fourth-order valence-corrected chi connectivity index (χ4v) is 9.27. The first kappa shape index (κ1) is 38.6. The SMILES string of the molecule is Nc1nc(/C(=N/O[C@@H](CC(=O)O)C(=O)O)C(=O)N[C@@H]2C(=O)N3C(C(=O)O)=C(C[N+]4(CCN5CCc6c(cc(O)c(O)c6Cl)C5=O)CCCC4)CS[C@H]23)cs1. The molecule has 22 heteroatoms. The van der Waals surface area contributed by atoms with Gasteiger partial charge < -0.3 is 50.8 Å². The Morgan fingerprint density at radius 1 is 1.17 bits per heavy atom. The average Bonchev–Trinajstić information content (AvgIpc) is 3.77. The van der Waals surface area contributed by atoms with E-state index in [2.05, 4.69) is 15.5 Å². The number of carboxylic acid groups (broad SMARTS) is 3. The number of oxime groups is 1. The van der Waals surface area contributed by atoms with Gasteiger partial charge in [-0.1, -0.05) is 16.8 Å². The van der Waals surface area contributed by atoms with Crippen LogP contribution in [0.3, 0.4) is 0 Å². The Balaban J connectivity index is 1.17. The first-order valence-electron chi connectivity index (χ1n) is 16.6. The minimum absolute atomic E-state index is 0.0287. The van der Waals surface area contributed by atoms with E-state index >= 15 is 0 Å². The monoisotopic (exact) mass is 808 g/mol. The lowest BCUT2D eigenvalue weighted by atomic mass is 9.97. The highest BCUT2D eigenvalue weighted by molar-refractivity contribution is 8.00. The van der Waals surface area contributed by atoms with Gasteiger partial charge in [0.15, 0.2) is 22.3 Å². The van der Waals surface area contributed by atoms with Gasteiger partial charge in [0.25, 0.3) is 17.7 Å². The number of halogens is 1. The quantitative estimate of drug-likeness (QED) is 0.0450. The zero-order chi connectivity index (χ0) is 39.1. The van der Waals surface area contributed by atoms with Crippen molar-refractivity contribution in [2.24, 2.45) is 5.16 Å². The van der Waals surface area contributed by atoms with Crippen LogP contribution in [0, 0.1) is 0 Å². The lowest BCUT2D eigenvalue weighted by Gasteiger charge is -2.50. The maximum Gasteiger partial charge on any atom is 0.352 e. The maximum absolute atomic E-state index is 13.5. The number of nitrogens with zero attached hydrogens (tertiary/aromatic N) is 5. The summed E-state index contributed by atoms with van der Waals surface area (Å²) in [7, 11) is 0. The number of phenolic OH excluding ortho intramolecular Hbond substituents is 2. The predicted octanol–water partition coefficient (Wildman–Crippen LogP) is 0.486.